The highest BCUT2D eigenvalue weighted by Crippen LogP contribution is 2.38. The number of aliphatic imine (C=N–C) groups is 1. The molecule has 3 rings (SSSR count). The Hall–Kier alpha value is -2.53. The Morgan fingerprint density at radius 3 is 2.55 bits per heavy atom. The number of amidine groups is 1. The zero-order valence-electron chi connectivity index (χ0n) is 18.9. The Balaban J connectivity index is 1.97. The number of carbonyl (C=O) groups is 2. The lowest BCUT2D eigenvalue weighted by atomic mass is 10.1. The number of carbonyl (C=O) groups excluding carboxylic acids is 2. The number of hydrogen-bond donors (Lipinski definition) is 1. The lowest BCUT2D eigenvalue weighted by Gasteiger charge is -2.19. The van der Waals surface area contributed by atoms with Gasteiger partial charge in [-0.25, -0.2) is 4.99 Å². The number of ether oxygens (including phenoxy) is 2. The van der Waals surface area contributed by atoms with E-state index < -0.39 is 5.91 Å². The zero-order valence-corrected chi connectivity index (χ0v) is 21.9. The minimum Gasteiger partial charge on any atom is -0.490 e. The summed E-state index contributed by atoms with van der Waals surface area (Å²) in [4.78, 5) is 31.3. The summed E-state index contributed by atoms with van der Waals surface area (Å²) in [7, 11) is 0. The molecule has 1 aliphatic heterocycles. The standard InChI is InChI=1S/C24H26IN3O4S/c1-5-31-19-11-16(10-18(25)22(19)32-13-21(26)29)12-20-23(30)28(14(2)3)24(33-20)27-17-8-6-15(4)7-9-17/h6-12,14H,5,13H2,1-4H3,(H2,26,29)/b20-12+,27-24?. The second-order valence-electron chi connectivity index (χ2n) is 7.63. The predicted molar refractivity (Wildman–Crippen MR) is 141 cm³/mol. The summed E-state index contributed by atoms with van der Waals surface area (Å²) in [5.74, 6) is 0.279. The molecule has 0 unspecified atom stereocenters. The lowest BCUT2D eigenvalue weighted by Crippen LogP contribution is -2.35. The summed E-state index contributed by atoms with van der Waals surface area (Å²) in [5, 5.41) is 0.645. The quantitative estimate of drug-likeness (QED) is 0.356. The summed E-state index contributed by atoms with van der Waals surface area (Å²) < 4.78 is 12.0. The predicted octanol–water partition coefficient (Wildman–Crippen LogP) is 4.87. The van der Waals surface area contributed by atoms with Crippen molar-refractivity contribution < 1.29 is 19.1 Å². The number of hydrogen-bond acceptors (Lipinski definition) is 6. The fourth-order valence-electron chi connectivity index (χ4n) is 3.12. The third kappa shape index (κ3) is 6.29. The van der Waals surface area contributed by atoms with Crippen LogP contribution >= 0.6 is 34.4 Å². The van der Waals surface area contributed by atoms with Gasteiger partial charge >= 0.3 is 0 Å². The van der Waals surface area contributed by atoms with Crippen LogP contribution in [0.4, 0.5) is 5.69 Å². The molecule has 0 spiro atoms. The Morgan fingerprint density at radius 2 is 1.94 bits per heavy atom. The number of benzene rings is 2. The number of amides is 2. The summed E-state index contributed by atoms with van der Waals surface area (Å²) in [6.07, 6.45) is 1.82. The molecule has 1 saturated heterocycles. The van der Waals surface area contributed by atoms with Crippen molar-refractivity contribution >= 4 is 63.1 Å². The fourth-order valence-corrected chi connectivity index (χ4v) is 5.02. The molecule has 0 aromatic heterocycles. The molecule has 0 aliphatic carbocycles. The first-order chi connectivity index (χ1) is 15.7. The normalized spacial score (nSPS) is 16.2. The number of thioether (sulfide) groups is 1. The van der Waals surface area contributed by atoms with Gasteiger partial charge in [-0.1, -0.05) is 17.7 Å². The third-order valence-electron chi connectivity index (χ3n) is 4.60. The first-order valence-electron chi connectivity index (χ1n) is 10.5. The van der Waals surface area contributed by atoms with Crippen LogP contribution in [0.25, 0.3) is 6.08 Å². The molecule has 7 nitrogen and oxygen atoms in total. The maximum atomic E-state index is 13.2. The van der Waals surface area contributed by atoms with E-state index >= 15 is 0 Å². The largest absolute Gasteiger partial charge is 0.490 e. The minimum atomic E-state index is -0.568. The SMILES string of the molecule is CCOc1cc(/C=C2/SC(=Nc3ccc(C)cc3)N(C(C)C)C2=O)cc(I)c1OCC(N)=O. The molecule has 2 amide bonds. The molecule has 0 radical (unpaired) electrons. The van der Waals surface area contributed by atoms with Crippen LogP contribution in [0.2, 0.25) is 0 Å². The van der Waals surface area contributed by atoms with Gasteiger partial charge in [0.2, 0.25) is 0 Å². The van der Waals surface area contributed by atoms with Crippen LogP contribution in [0.3, 0.4) is 0 Å². The number of primary amides is 1. The van der Waals surface area contributed by atoms with Gasteiger partial charge in [-0.05, 0) is 98.0 Å². The summed E-state index contributed by atoms with van der Waals surface area (Å²) in [6, 6.07) is 11.5. The van der Waals surface area contributed by atoms with E-state index in [0.29, 0.717) is 28.2 Å². The second kappa shape index (κ2) is 11.1. The first kappa shape index (κ1) is 25.1. The molecule has 1 heterocycles. The van der Waals surface area contributed by atoms with E-state index in [0.717, 1.165) is 20.4 Å². The van der Waals surface area contributed by atoms with Gasteiger partial charge in [0.15, 0.2) is 23.3 Å². The van der Waals surface area contributed by atoms with Crippen molar-refractivity contribution in [3.63, 3.8) is 0 Å². The Morgan fingerprint density at radius 1 is 1.24 bits per heavy atom. The Bertz CT molecular complexity index is 1110. The fraction of sp³-hybridized carbons (Fsp3) is 0.292. The van der Waals surface area contributed by atoms with E-state index in [-0.39, 0.29) is 18.6 Å². The second-order valence-corrected chi connectivity index (χ2v) is 9.80. The molecular formula is C24H26IN3O4S. The van der Waals surface area contributed by atoms with Gasteiger partial charge in [0.25, 0.3) is 11.8 Å². The molecule has 0 saturated carbocycles. The van der Waals surface area contributed by atoms with Gasteiger partial charge in [0.05, 0.1) is 20.8 Å². The van der Waals surface area contributed by atoms with Crippen LogP contribution in [-0.2, 0) is 9.59 Å². The van der Waals surface area contributed by atoms with E-state index in [1.165, 1.54) is 11.8 Å². The number of rotatable bonds is 8. The molecule has 9 heteroatoms. The van der Waals surface area contributed by atoms with E-state index in [1.54, 1.807) is 11.0 Å². The third-order valence-corrected chi connectivity index (χ3v) is 6.38. The molecule has 2 aromatic carbocycles. The number of nitrogens with zero attached hydrogens (tertiary/aromatic N) is 2. The molecule has 1 fully saturated rings. The van der Waals surface area contributed by atoms with E-state index in [4.69, 9.17) is 20.2 Å². The van der Waals surface area contributed by atoms with Gasteiger partial charge in [0, 0.05) is 6.04 Å². The van der Waals surface area contributed by atoms with Crippen LogP contribution in [0.5, 0.6) is 11.5 Å². The molecule has 0 atom stereocenters. The van der Waals surface area contributed by atoms with Crippen molar-refractivity contribution in [1.29, 1.82) is 0 Å². The highest BCUT2D eigenvalue weighted by Gasteiger charge is 2.35. The summed E-state index contributed by atoms with van der Waals surface area (Å²) in [6.45, 7) is 7.99. The number of aryl methyl sites for hydroxylation is 1. The van der Waals surface area contributed by atoms with Crippen LogP contribution in [0.15, 0.2) is 46.3 Å². The average molecular weight is 579 g/mol. The van der Waals surface area contributed by atoms with Gasteiger partial charge in [-0.15, -0.1) is 0 Å². The highest BCUT2D eigenvalue weighted by atomic mass is 127. The van der Waals surface area contributed by atoms with Crippen molar-refractivity contribution in [3.8, 4) is 11.5 Å². The highest BCUT2D eigenvalue weighted by molar-refractivity contribution is 14.1. The lowest BCUT2D eigenvalue weighted by molar-refractivity contribution is -0.123. The van der Waals surface area contributed by atoms with Gasteiger partial charge < -0.3 is 15.2 Å². The van der Waals surface area contributed by atoms with Crippen LogP contribution in [-0.4, -0.2) is 41.1 Å². The topological polar surface area (TPSA) is 94.2 Å². The van der Waals surface area contributed by atoms with Crippen molar-refractivity contribution in [2.75, 3.05) is 13.2 Å². The molecule has 174 valence electrons. The van der Waals surface area contributed by atoms with Crippen molar-refractivity contribution in [2.24, 2.45) is 10.7 Å². The number of halogens is 1. The van der Waals surface area contributed by atoms with E-state index in [1.807, 2.05) is 64.1 Å². The summed E-state index contributed by atoms with van der Waals surface area (Å²) >= 11 is 3.46. The molecule has 1 aliphatic rings. The number of nitrogens with two attached hydrogens (primary N) is 1. The smallest absolute Gasteiger partial charge is 0.266 e. The molecular weight excluding hydrogens is 553 g/mol. The van der Waals surface area contributed by atoms with E-state index in [2.05, 4.69) is 22.6 Å². The van der Waals surface area contributed by atoms with Crippen LogP contribution < -0.4 is 15.2 Å². The van der Waals surface area contributed by atoms with Crippen LogP contribution in [0, 0.1) is 10.5 Å². The molecule has 2 N–H and O–H groups in total. The molecule has 0 bridgehead atoms. The van der Waals surface area contributed by atoms with Crippen LogP contribution in [0.1, 0.15) is 31.9 Å². The Kier molecular flexibility index (Phi) is 8.41. The average Bonchev–Trinajstić information content (AvgIpc) is 3.04. The van der Waals surface area contributed by atoms with E-state index in [9.17, 15) is 9.59 Å². The molecule has 2 aromatic rings. The Labute approximate surface area is 211 Å². The van der Waals surface area contributed by atoms with Crippen molar-refractivity contribution in [3.05, 3.63) is 56.0 Å². The minimum absolute atomic E-state index is 0.0382. The maximum absolute atomic E-state index is 13.2. The maximum Gasteiger partial charge on any atom is 0.266 e. The molecule has 33 heavy (non-hydrogen) atoms. The van der Waals surface area contributed by atoms with Crippen molar-refractivity contribution in [2.45, 2.75) is 33.7 Å². The first-order valence-corrected chi connectivity index (χ1v) is 12.3. The monoisotopic (exact) mass is 579 g/mol. The van der Waals surface area contributed by atoms with Gasteiger partial charge in [-0.2, -0.15) is 0 Å². The summed E-state index contributed by atoms with van der Waals surface area (Å²) in [5.41, 5.74) is 7.94. The van der Waals surface area contributed by atoms with Gasteiger partial charge in [-0.3, -0.25) is 14.5 Å². The van der Waals surface area contributed by atoms with Crippen molar-refractivity contribution in [1.82, 2.24) is 4.90 Å². The van der Waals surface area contributed by atoms with Gasteiger partial charge in [0.1, 0.15) is 0 Å². The zero-order chi connectivity index (χ0) is 24.1.